The van der Waals surface area contributed by atoms with Crippen LogP contribution in [0.4, 0.5) is 17.6 Å². The maximum atomic E-state index is 14.5. The first-order valence-electron chi connectivity index (χ1n) is 8.57. The molecule has 0 aliphatic carbocycles. The standard InChI is InChI=1S/C20H15F4NO5S/c1-29-18-15(19(26)30-2)11-25(17(18)14-8-3-4-9-16(14)21)31(27,28)13-7-5-6-12(10-13)20(22,23)24/h3-11H,1-2H3. The van der Waals surface area contributed by atoms with Crippen molar-refractivity contribution in [3.63, 3.8) is 0 Å². The van der Waals surface area contributed by atoms with Gasteiger partial charge in [0.2, 0.25) is 0 Å². The molecule has 31 heavy (non-hydrogen) atoms. The predicted molar refractivity (Wildman–Crippen MR) is 102 cm³/mol. The van der Waals surface area contributed by atoms with Crippen molar-refractivity contribution in [1.29, 1.82) is 0 Å². The van der Waals surface area contributed by atoms with Gasteiger partial charge in [-0.05, 0) is 30.3 Å². The second kappa shape index (κ2) is 8.06. The number of methoxy groups -OCH3 is 2. The Balaban J connectivity index is 2.36. The Labute approximate surface area is 174 Å². The van der Waals surface area contributed by atoms with E-state index in [0.717, 1.165) is 38.6 Å². The monoisotopic (exact) mass is 457 g/mol. The third-order valence-corrected chi connectivity index (χ3v) is 6.04. The summed E-state index contributed by atoms with van der Waals surface area (Å²) in [7, 11) is -2.53. The number of benzene rings is 2. The zero-order chi connectivity index (χ0) is 23.0. The minimum absolute atomic E-state index is 0.245. The molecule has 3 rings (SSSR count). The van der Waals surface area contributed by atoms with Crippen LogP contribution in [0.2, 0.25) is 0 Å². The molecule has 0 saturated heterocycles. The lowest BCUT2D eigenvalue weighted by Gasteiger charge is -2.14. The first-order valence-corrected chi connectivity index (χ1v) is 10.0. The lowest BCUT2D eigenvalue weighted by Crippen LogP contribution is -2.15. The van der Waals surface area contributed by atoms with E-state index in [4.69, 9.17) is 4.74 Å². The number of nitrogens with zero attached hydrogens (tertiary/aromatic N) is 1. The van der Waals surface area contributed by atoms with Crippen LogP contribution in [0.3, 0.4) is 0 Å². The molecule has 0 saturated carbocycles. The quantitative estimate of drug-likeness (QED) is 0.421. The first kappa shape index (κ1) is 22.3. The molecule has 0 radical (unpaired) electrons. The molecule has 0 bridgehead atoms. The van der Waals surface area contributed by atoms with Crippen molar-refractivity contribution in [3.8, 4) is 17.0 Å². The number of halogens is 4. The van der Waals surface area contributed by atoms with E-state index in [1.165, 1.54) is 18.2 Å². The zero-order valence-electron chi connectivity index (χ0n) is 16.1. The Bertz CT molecular complexity index is 1250. The molecule has 0 aliphatic rings. The number of rotatable bonds is 5. The Morgan fingerprint density at radius 2 is 1.71 bits per heavy atom. The van der Waals surface area contributed by atoms with Gasteiger partial charge in [0.25, 0.3) is 10.0 Å². The lowest BCUT2D eigenvalue weighted by atomic mass is 10.1. The number of hydrogen-bond acceptors (Lipinski definition) is 5. The lowest BCUT2D eigenvalue weighted by molar-refractivity contribution is -0.137. The topological polar surface area (TPSA) is 74.6 Å². The van der Waals surface area contributed by atoms with E-state index < -0.39 is 38.4 Å². The fourth-order valence-corrected chi connectivity index (χ4v) is 4.38. The summed E-state index contributed by atoms with van der Waals surface area (Å²) in [5, 5.41) is 0. The van der Waals surface area contributed by atoms with E-state index >= 15 is 0 Å². The molecule has 3 aromatic rings. The average molecular weight is 457 g/mol. The van der Waals surface area contributed by atoms with Crippen LogP contribution in [-0.4, -0.2) is 32.6 Å². The molecule has 1 aromatic heterocycles. The third kappa shape index (κ3) is 4.00. The second-order valence-corrected chi connectivity index (χ2v) is 8.04. The maximum absolute atomic E-state index is 14.5. The summed E-state index contributed by atoms with van der Waals surface area (Å²) in [6.07, 6.45) is -3.96. The predicted octanol–water partition coefficient (Wildman–Crippen LogP) is 4.35. The molecule has 0 unspecified atom stereocenters. The zero-order valence-corrected chi connectivity index (χ0v) is 16.9. The van der Waals surface area contributed by atoms with Gasteiger partial charge in [0, 0.05) is 11.8 Å². The van der Waals surface area contributed by atoms with Gasteiger partial charge >= 0.3 is 12.1 Å². The van der Waals surface area contributed by atoms with Crippen LogP contribution in [0, 0.1) is 5.82 Å². The van der Waals surface area contributed by atoms with Crippen molar-refractivity contribution in [2.24, 2.45) is 0 Å². The largest absolute Gasteiger partial charge is 0.494 e. The molecule has 2 aromatic carbocycles. The van der Waals surface area contributed by atoms with Crippen molar-refractivity contribution in [3.05, 3.63) is 71.7 Å². The molecule has 0 N–H and O–H groups in total. The Morgan fingerprint density at radius 3 is 2.29 bits per heavy atom. The summed E-state index contributed by atoms with van der Waals surface area (Å²) in [6.45, 7) is 0. The van der Waals surface area contributed by atoms with E-state index in [1.54, 1.807) is 0 Å². The molecular formula is C20H15F4NO5S. The molecule has 0 fully saturated rings. The normalized spacial score (nSPS) is 11.9. The van der Waals surface area contributed by atoms with Gasteiger partial charge < -0.3 is 9.47 Å². The fourth-order valence-electron chi connectivity index (χ4n) is 2.96. The Morgan fingerprint density at radius 1 is 1.03 bits per heavy atom. The molecular weight excluding hydrogens is 442 g/mol. The van der Waals surface area contributed by atoms with Crippen LogP contribution >= 0.6 is 0 Å². The van der Waals surface area contributed by atoms with Crippen LogP contribution in [0.5, 0.6) is 5.75 Å². The van der Waals surface area contributed by atoms with Gasteiger partial charge in [0.15, 0.2) is 5.75 Å². The van der Waals surface area contributed by atoms with Gasteiger partial charge in [-0.15, -0.1) is 0 Å². The number of alkyl halides is 3. The minimum Gasteiger partial charge on any atom is -0.494 e. The summed E-state index contributed by atoms with van der Waals surface area (Å²) in [6, 6.07) is 8.14. The number of ether oxygens (including phenoxy) is 2. The highest BCUT2D eigenvalue weighted by Crippen LogP contribution is 2.39. The van der Waals surface area contributed by atoms with E-state index in [9.17, 15) is 30.8 Å². The van der Waals surface area contributed by atoms with Gasteiger partial charge in [-0.1, -0.05) is 18.2 Å². The summed E-state index contributed by atoms with van der Waals surface area (Å²) in [4.78, 5) is 11.5. The van der Waals surface area contributed by atoms with Gasteiger partial charge in [-0.25, -0.2) is 21.6 Å². The Kier molecular flexibility index (Phi) is 5.81. The van der Waals surface area contributed by atoms with Crippen LogP contribution in [-0.2, 0) is 20.9 Å². The van der Waals surface area contributed by atoms with Gasteiger partial charge in [-0.3, -0.25) is 0 Å². The smallest absolute Gasteiger partial charge is 0.416 e. The van der Waals surface area contributed by atoms with E-state index in [0.29, 0.717) is 16.1 Å². The Hall–Kier alpha value is -3.34. The fraction of sp³-hybridized carbons (Fsp3) is 0.150. The number of esters is 1. The molecule has 0 spiro atoms. The minimum atomic E-state index is -4.79. The molecule has 11 heteroatoms. The molecule has 1 heterocycles. The van der Waals surface area contributed by atoms with Crippen molar-refractivity contribution < 1.29 is 40.2 Å². The molecule has 164 valence electrons. The molecule has 6 nitrogen and oxygen atoms in total. The number of carbonyl (C=O) groups is 1. The van der Waals surface area contributed by atoms with Crippen LogP contribution < -0.4 is 4.74 Å². The third-order valence-electron chi connectivity index (χ3n) is 4.38. The number of hydrogen-bond donors (Lipinski definition) is 0. The second-order valence-electron chi connectivity index (χ2n) is 6.22. The van der Waals surface area contributed by atoms with Crippen molar-refractivity contribution in [2.45, 2.75) is 11.1 Å². The van der Waals surface area contributed by atoms with Crippen molar-refractivity contribution in [1.82, 2.24) is 3.97 Å². The van der Waals surface area contributed by atoms with Crippen molar-refractivity contribution >= 4 is 16.0 Å². The average Bonchev–Trinajstić information content (AvgIpc) is 3.13. The van der Waals surface area contributed by atoms with Crippen LogP contribution in [0.25, 0.3) is 11.3 Å². The number of aromatic nitrogens is 1. The summed E-state index contributed by atoms with van der Waals surface area (Å²) in [5.41, 5.74) is -2.16. The summed E-state index contributed by atoms with van der Waals surface area (Å²) in [5.74, 6) is -2.13. The van der Waals surface area contributed by atoms with E-state index in [1.807, 2.05) is 0 Å². The summed E-state index contributed by atoms with van der Waals surface area (Å²) >= 11 is 0. The van der Waals surface area contributed by atoms with Crippen LogP contribution in [0.15, 0.2) is 59.6 Å². The highest BCUT2D eigenvalue weighted by molar-refractivity contribution is 7.90. The van der Waals surface area contributed by atoms with Gasteiger partial charge in [0.1, 0.15) is 17.1 Å². The maximum Gasteiger partial charge on any atom is 0.416 e. The SMILES string of the molecule is COC(=O)c1cn(S(=O)(=O)c2cccc(C(F)(F)F)c2)c(-c2ccccc2F)c1OC. The van der Waals surface area contributed by atoms with Crippen LogP contribution in [0.1, 0.15) is 15.9 Å². The number of carbonyl (C=O) groups excluding carboxylic acids is 1. The van der Waals surface area contributed by atoms with Gasteiger partial charge in [-0.2, -0.15) is 13.2 Å². The highest BCUT2D eigenvalue weighted by Gasteiger charge is 2.34. The van der Waals surface area contributed by atoms with Gasteiger partial charge in [0.05, 0.1) is 24.7 Å². The highest BCUT2D eigenvalue weighted by atomic mass is 32.2. The summed E-state index contributed by atoms with van der Waals surface area (Å²) < 4.78 is 90.7. The van der Waals surface area contributed by atoms with E-state index in [-0.39, 0.29) is 22.6 Å². The van der Waals surface area contributed by atoms with Crippen molar-refractivity contribution in [2.75, 3.05) is 14.2 Å². The first-order chi connectivity index (χ1) is 14.5. The molecule has 0 amide bonds. The molecule has 0 aliphatic heterocycles. The molecule has 0 atom stereocenters. The van der Waals surface area contributed by atoms with E-state index in [2.05, 4.69) is 4.74 Å².